The number of rotatable bonds is 6. The maximum Gasteiger partial charge on any atom is 0.310 e. The Morgan fingerprint density at radius 3 is 2.52 bits per heavy atom. The number of hydrogen-bond donors (Lipinski definition) is 1. The first-order chi connectivity index (χ1) is 12.2. The van der Waals surface area contributed by atoms with E-state index in [1.807, 2.05) is 18.7 Å². The van der Waals surface area contributed by atoms with Crippen molar-refractivity contribution in [1.82, 2.24) is 15.1 Å². The summed E-state index contributed by atoms with van der Waals surface area (Å²) >= 11 is 0. The Kier molecular flexibility index (Phi) is 8.01. The lowest BCUT2D eigenvalue weighted by atomic mass is 9.98. The lowest BCUT2D eigenvalue weighted by Crippen LogP contribution is -2.48. The maximum absolute atomic E-state index is 12.1. The molecule has 25 heavy (non-hydrogen) atoms. The highest BCUT2D eigenvalue weighted by atomic mass is 16.5. The quantitative estimate of drug-likeness (QED) is 0.442. The number of nitrogens with zero attached hydrogens (tertiary/aromatic N) is 3. The molecule has 1 N–H and O–H groups in total. The van der Waals surface area contributed by atoms with E-state index in [9.17, 15) is 9.59 Å². The second-order valence-electron chi connectivity index (χ2n) is 6.61. The highest BCUT2D eigenvalue weighted by molar-refractivity contribution is 5.82. The van der Waals surface area contributed by atoms with Crippen molar-refractivity contribution in [3.63, 3.8) is 0 Å². The van der Waals surface area contributed by atoms with E-state index in [2.05, 4.69) is 15.2 Å². The van der Waals surface area contributed by atoms with E-state index in [1.54, 1.807) is 0 Å². The summed E-state index contributed by atoms with van der Waals surface area (Å²) in [6.45, 7) is 8.80. The number of carbonyl (C=O) groups excluding carboxylic acids is 2. The number of guanidine groups is 1. The third kappa shape index (κ3) is 5.90. The van der Waals surface area contributed by atoms with Crippen LogP contribution < -0.4 is 5.32 Å². The van der Waals surface area contributed by atoms with Gasteiger partial charge in [0.2, 0.25) is 5.91 Å². The summed E-state index contributed by atoms with van der Waals surface area (Å²) in [6.07, 6.45) is 4.48. The largest absolute Gasteiger partial charge is 0.466 e. The zero-order valence-electron chi connectivity index (χ0n) is 15.6. The first kappa shape index (κ1) is 19.5. The van der Waals surface area contributed by atoms with E-state index in [1.165, 1.54) is 0 Å². The van der Waals surface area contributed by atoms with Crippen LogP contribution in [0.2, 0.25) is 0 Å². The van der Waals surface area contributed by atoms with E-state index < -0.39 is 0 Å². The molecular formula is C18H32N4O3. The molecule has 1 amide bonds. The van der Waals surface area contributed by atoms with Gasteiger partial charge in [-0.2, -0.15) is 0 Å². The normalized spacial score (nSPS) is 21.4. The highest BCUT2D eigenvalue weighted by Crippen LogP contribution is 2.18. The predicted octanol–water partition coefficient (Wildman–Crippen LogP) is 1.24. The summed E-state index contributed by atoms with van der Waals surface area (Å²) in [7, 11) is 0. The fourth-order valence-corrected chi connectivity index (χ4v) is 3.43. The molecule has 0 spiro atoms. The molecular weight excluding hydrogens is 320 g/mol. The van der Waals surface area contributed by atoms with Crippen molar-refractivity contribution in [2.75, 3.05) is 45.9 Å². The molecule has 7 nitrogen and oxygen atoms in total. The molecule has 0 saturated carbocycles. The Labute approximate surface area is 150 Å². The van der Waals surface area contributed by atoms with Crippen molar-refractivity contribution in [1.29, 1.82) is 0 Å². The highest BCUT2D eigenvalue weighted by Gasteiger charge is 2.28. The lowest BCUT2D eigenvalue weighted by Gasteiger charge is -2.34. The maximum atomic E-state index is 12.1. The summed E-state index contributed by atoms with van der Waals surface area (Å²) in [5.74, 6) is 0.780. The van der Waals surface area contributed by atoms with Gasteiger partial charge in [-0.25, -0.2) is 0 Å². The van der Waals surface area contributed by atoms with Crippen LogP contribution in [-0.4, -0.2) is 73.5 Å². The van der Waals surface area contributed by atoms with Crippen molar-refractivity contribution in [2.45, 2.75) is 46.0 Å². The molecule has 2 aliphatic rings. The number of hydrogen-bond acceptors (Lipinski definition) is 4. The van der Waals surface area contributed by atoms with Gasteiger partial charge in [0.15, 0.2) is 5.96 Å². The molecule has 1 atom stereocenters. The average Bonchev–Trinajstić information content (AvgIpc) is 3.16. The van der Waals surface area contributed by atoms with Crippen molar-refractivity contribution in [3.8, 4) is 0 Å². The zero-order valence-corrected chi connectivity index (χ0v) is 15.6. The minimum atomic E-state index is -0.118. The number of piperidine rings is 1. The number of nitrogens with one attached hydrogen (secondary N) is 1. The molecule has 2 saturated heterocycles. The molecule has 7 heteroatoms. The molecule has 0 aliphatic carbocycles. The first-order valence-corrected chi connectivity index (χ1v) is 9.63. The number of carbonyl (C=O) groups is 2. The number of ether oxygens (including phenoxy) is 1. The van der Waals surface area contributed by atoms with Crippen LogP contribution in [-0.2, 0) is 14.3 Å². The lowest BCUT2D eigenvalue weighted by molar-refractivity contribution is -0.149. The molecule has 0 bridgehead atoms. The van der Waals surface area contributed by atoms with Gasteiger partial charge < -0.3 is 19.9 Å². The van der Waals surface area contributed by atoms with Crippen molar-refractivity contribution < 1.29 is 14.3 Å². The molecule has 0 aromatic carbocycles. The molecule has 2 aliphatic heterocycles. The average molecular weight is 352 g/mol. The summed E-state index contributed by atoms with van der Waals surface area (Å²) in [5, 5.41) is 3.29. The fourth-order valence-electron chi connectivity index (χ4n) is 3.43. The number of likely N-dealkylation sites (tertiary alicyclic amines) is 2. The molecule has 0 radical (unpaired) electrons. The fraction of sp³-hybridized carbons (Fsp3) is 0.833. The van der Waals surface area contributed by atoms with E-state index in [0.29, 0.717) is 26.1 Å². The Balaban J connectivity index is 1.89. The van der Waals surface area contributed by atoms with Crippen LogP contribution in [0.5, 0.6) is 0 Å². The van der Waals surface area contributed by atoms with Gasteiger partial charge in [-0.15, -0.1) is 0 Å². The van der Waals surface area contributed by atoms with Crippen LogP contribution in [0.1, 0.15) is 46.0 Å². The summed E-state index contributed by atoms with van der Waals surface area (Å²) < 4.78 is 5.16. The van der Waals surface area contributed by atoms with Gasteiger partial charge in [0.05, 0.1) is 19.1 Å². The van der Waals surface area contributed by atoms with Crippen LogP contribution in [0.3, 0.4) is 0 Å². The standard InChI is InChI=1S/C18H32N4O3/c1-3-19-18(20-10-9-16(23)21-11-5-6-12-21)22-13-7-8-15(14-22)17(24)25-4-2/h15H,3-14H2,1-2H3,(H,19,20). The summed E-state index contributed by atoms with van der Waals surface area (Å²) in [5.41, 5.74) is 0. The third-order valence-electron chi connectivity index (χ3n) is 4.72. The minimum absolute atomic E-state index is 0.0937. The third-order valence-corrected chi connectivity index (χ3v) is 4.72. The topological polar surface area (TPSA) is 74.2 Å². The number of amides is 1. The van der Waals surface area contributed by atoms with Gasteiger partial charge >= 0.3 is 5.97 Å². The Hall–Kier alpha value is -1.79. The summed E-state index contributed by atoms with van der Waals surface area (Å²) in [4.78, 5) is 32.8. The van der Waals surface area contributed by atoms with Crippen molar-refractivity contribution in [2.24, 2.45) is 10.9 Å². The van der Waals surface area contributed by atoms with Crippen LogP contribution in [0.15, 0.2) is 4.99 Å². The van der Waals surface area contributed by atoms with E-state index in [-0.39, 0.29) is 17.8 Å². The zero-order chi connectivity index (χ0) is 18.1. The van der Waals surface area contributed by atoms with Crippen LogP contribution in [0.4, 0.5) is 0 Å². The van der Waals surface area contributed by atoms with Gasteiger partial charge in [0.25, 0.3) is 0 Å². The first-order valence-electron chi connectivity index (χ1n) is 9.63. The van der Waals surface area contributed by atoms with E-state index >= 15 is 0 Å². The van der Waals surface area contributed by atoms with Crippen molar-refractivity contribution >= 4 is 17.8 Å². The molecule has 2 rings (SSSR count). The van der Waals surface area contributed by atoms with Gasteiger partial charge in [-0.05, 0) is 39.5 Å². The van der Waals surface area contributed by atoms with Crippen LogP contribution in [0.25, 0.3) is 0 Å². The molecule has 2 fully saturated rings. The van der Waals surface area contributed by atoms with Crippen molar-refractivity contribution in [3.05, 3.63) is 0 Å². The number of aliphatic imine (C=N–C) groups is 1. The molecule has 142 valence electrons. The Morgan fingerprint density at radius 1 is 1.12 bits per heavy atom. The second-order valence-corrected chi connectivity index (χ2v) is 6.61. The predicted molar refractivity (Wildman–Crippen MR) is 97.3 cm³/mol. The molecule has 1 unspecified atom stereocenters. The van der Waals surface area contributed by atoms with Gasteiger partial charge in [-0.3, -0.25) is 14.6 Å². The Bertz CT molecular complexity index is 475. The van der Waals surface area contributed by atoms with E-state index in [0.717, 1.165) is 57.8 Å². The van der Waals surface area contributed by atoms with Crippen LogP contribution in [0, 0.1) is 5.92 Å². The smallest absolute Gasteiger partial charge is 0.310 e. The molecule has 0 aromatic rings. The van der Waals surface area contributed by atoms with E-state index in [4.69, 9.17) is 4.74 Å². The Morgan fingerprint density at radius 2 is 1.84 bits per heavy atom. The minimum Gasteiger partial charge on any atom is -0.466 e. The number of esters is 1. The molecule has 2 heterocycles. The summed E-state index contributed by atoms with van der Waals surface area (Å²) in [6, 6.07) is 0. The van der Waals surface area contributed by atoms with Crippen LogP contribution >= 0.6 is 0 Å². The monoisotopic (exact) mass is 352 g/mol. The second kappa shape index (κ2) is 10.3. The van der Waals surface area contributed by atoms with Gasteiger partial charge in [0.1, 0.15) is 0 Å². The van der Waals surface area contributed by atoms with Gasteiger partial charge in [0, 0.05) is 39.1 Å². The van der Waals surface area contributed by atoms with Gasteiger partial charge in [-0.1, -0.05) is 0 Å². The SMILES string of the molecule is CCNC(=NCCC(=O)N1CCCC1)N1CCCC(C(=O)OCC)C1. The molecule has 0 aromatic heterocycles.